The molecular formula is C11H15NO4. The van der Waals surface area contributed by atoms with Crippen molar-refractivity contribution in [3.63, 3.8) is 0 Å². The monoisotopic (exact) mass is 225 g/mol. The molecule has 3 N–H and O–H groups in total. The number of hydrogen-bond donors (Lipinski definition) is 2. The Labute approximate surface area is 93.8 Å². The molecule has 0 heterocycles. The molecule has 1 aromatic carbocycles. The summed E-state index contributed by atoms with van der Waals surface area (Å²) in [5, 5.41) is 8.88. The van der Waals surface area contributed by atoms with E-state index >= 15 is 0 Å². The molecule has 5 heteroatoms. The van der Waals surface area contributed by atoms with Crippen LogP contribution in [-0.4, -0.2) is 30.8 Å². The molecule has 1 aromatic rings. The number of ether oxygens (including phenoxy) is 2. The van der Waals surface area contributed by atoms with Crippen LogP contribution in [0, 0.1) is 0 Å². The van der Waals surface area contributed by atoms with E-state index in [4.69, 9.17) is 20.3 Å². The van der Waals surface area contributed by atoms with Crippen LogP contribution in [0.2, 0.25) is 0 Å². The molecule has 0 spiro atoms. The second kappa shape index (κ2) is 5.97. The average molecular weight is 225 g/mol. The molecular weight excluding hydrogens is 210 g/mol. The molecule has 5 nitrogen and oxygen atoms in total. The van der Waals surface area contributed by atoms with Gasteiger partial charge in [0.05, 0.1) is 7.11 Å². The molecule has 0 radical (unpaired) electrons. The molecule has 1 rings (SSSR count). The van der Waals surface area contributed by atoms with E-state index < -0.39 is 12.1 Å². The maximum Gasteiger partial charge on any atom is 0.344 e. The summed E-state index contributed by atoms with van der Waals surface area (Å²) in [4.78, 5) is 10.8. The van der Waals surface area contributed by atoms with Gasteiger partial charge < -0.3 is 20.3 Å². The van der Waals surface area contributed by atoms with Crippen LogP contribution < -0.4 is 15.2 Å². The Kier molecular flexibility index (Phi) is 4.60. The van der Waals surface area contributed by atoms with Gasteiger partial charge in [0.1, 0.15) is 11.5 Å². The van der Waals surface area contributed by atoms with Gasteiger partial charge in [0.2, 0.25) is 0 Å². The van der Waals surface area contributed by atoms with Crippen LogP contribution in [0.3, 0.4) is 0 Å². The summed E-state index contributed by atoms with van der Waals surface area (Å²) in [6, 6.07) is 6.79. The molecule has 0 amide bonds. The lowest BCUT2D eigenvalue weighted by Crippen LogP contribution is -2.29. The topological polar surface area (TPSA) is 81.8 Å². The van der Waals surface area contributed by atoms with Crippen molar-refractivity contribution < 1.29 is 19.4 Å². The van der Waals surface area contributed by atoms with Crippen LogP contribution in [0.15, 0.2) is 24.3 Å². The molecule has 0 fully saturated rings. The van der Waals surface area contributed by atoms with E-state index in [9.17, 15) is 4.79 Å². The fourth-order valence-corrected chi connectivity index (χ4v) is 1.22. The first-order valence-corrected chi connectivity index (χ1v) is 4.91. The Hall–Kier alpha value is -1.75. The summed E-state index contributed by atoms with van der Waals surface area (Å²) < 4.78 is 10.3. The summed E-state index contributed by atoms with van der Waals surface area (Å²) in [5.74, 6) is 0.0582. The first kappa shape index (κ1) is 12.3. The van der Waals surface area contributed by atoms with Crippen LogP contribution >= 0.6 is 0 Å². The Morgan fingerprint density at radius 3 is 2.75 bits per heavy atom. The third-order valence-electron chi connectivity index (χ3n) is 2.02. The Bertz CT molecular complexity index is 354. The van der Waals surface area contributed by atoms with Crippen LogP contribution in [0.4, 0.5) is 0 Å². The van der Waals surface area contributed by atoms with Crippen molar-refractivity contribution in [1.82, 2.24) is 0 Å². The van der Waals surface area contributed by atoms with Crippen molar-refractivity contribution in [2.45, 2.75) is 12.5 Å². The van der Waals surface area contributed by atoms with Crippen LogP contribution in [-0.2, 0) is 4.79 Å². The fraction of sp³-hybridized carbons (Fsp3) is 0.364. The van der Waals surface area contributed by atoms with Crippen LogP contribution in [0.25, 0.3) is 0 Å². The van der Waals surface area contributed by atoms with E-state index in [0.717, 1.165) is 0 Å². The second-order valence-electron chi connectivity index (χ2n) is 3.20. The van der Waals surface area contributed by atoms with Gasteiger partial charge in [0.15, 0.2) is 6.10 Å². The van der Waals surface area contributed by atoms with Gasteiger partial charge in [0, 0.05) is 12.5 Å². The van der Waals surface area contributed by atoms with Gasteiger partial charge in [-0.25, -0.2) is 4.79 Å². The highest BCUT2D eigenvalue weighted by Crippen LogP contribution is 2.20. The van der Waals surface area contributed by atoms with E-state index in [1.165, 1.54) is 7.11 Å². The number of hydrogen-bond acceptors (Lipinski definition) is 4. The number of aliphatic carboxylic acids is 1. The van der Waals surface area contributed by atoms with E-state index in [-0.39, 0.29) is 13.0 Å². The number of carboxylic acids is 1. The molecule has 0 bridgehead atoms. The summed E-state index contributed by atoms with van der Waals surface area (Å²) in [7, 11) is 1.54. The number of methoxy groups -OCH3 is 1. The zero-order valence-electron chi connectivity index (χ0n) is 9.05. The molecule has 0 aliphatic carbocycles. The normalized spacial score (nSPS) is 11.9. The van der Waals surface area contributed by atoms with Crippen LogP contribution in [0.1, 0.15) is 6.42 Å². The smallest absolute Gasteiger partial charge is 0.344 e. The second-order valence-corrected chi connectivity index (χ2v) is 3.20. The summed E-state index contributed by atoms with van der Waals surface area (Å²) in [6.45, 7) is 0.265. The molecule has 1 unspecified atom stereocenters. The number of rotatable bonds is 6. The van der Waals surface area contributed by atoms with Crippen molar-refractivity contribution >= 4 is 5.97 Å². The summed E-state index contributed by atoms with van der Waals surface area (Å²) >= 11 is 0. The van der Waals surface area contributed by atoms with Gasteiger partial charge in [0.25, 0.3) is 0 Å². The van der Waals surface area contributed by atoms with E-state index in [0.29, 0.717) is 11.5 Å². The maximum atomic E-state index is 10.8. The zero-order valence-corrected chi connectivity index (χ0v) is 9.05. The third-order valence-corrected chi connectivity index (χ3v) is 2.02. The number of nitrogens with two attached hydrogens (primary N) is 1. The standard InChI is InChI=1S/C11H15NO4/c1-15-8-3-2-4-9(7-8)16-10(5-6-12)11(13)14/h2-4,7,10H,5-6,12H2,1H3,(H,13,14). The van der Waals surface area contributed by atoms with Crippen molar-refractivity contribution in [2.75, 3.05) is 13.7 Å². The molecule has 88 valence electrons. The SMILES string of the molecule is COc1cccc(OC(CCN)C(=O)O)c1. The largest absolute Gasteiger partial charge is 0.497 e. The Morgan fingerprint density at radius 2 is 2.19 bits per heavy atom. The van der Waals surface area contributed by atoms with Crippen molar-refractivity contribution in [1.29, 1.82) is 0 Å². The van der Waals surface area contributed by atoms with E-state index in [2.05, 4.69) is 0 Å². The molecule has 0 aliphatic rings. The minimum absolute atomic E-state index is 0.265. The lowest BCUT2D eigenvalue weighted by Gasteiger charge is -2.14. The highest BCUT2D eigenvalue weighted by Gasteiger charge is 2.18. The third kappa shape index (κ3) is 3.43. The Balaban J connectivity index is 2.72. The number of benzene rings is 1. The van der Waals surface area contributed by atoms with Gasteiger partial charge in [-0.3, -0.25) is 0 Å². The fourth-order valence-electron chi connectivity index (χ4n) is 1.22. The predicted octanol–water partition coefficient (Wildman–Crippen LogP) is 0.876. The maximum absolute atomic E-state index is 10.8. The molecule has 0 aliphatic heterocycles. The zero-order chi connectivity index (χ0) is 12.0. The van der Waals surface area contributed by atoms with Gasteiger partial charge in [-0.05, 0) is 18.7 Å². The molecule has 0 saturated carbocycles. The van der Waals surface area contributed by atoms with Gasteiger partial charge in [-0.15, -0.1) is 0 Å². The summed E-state index contributed by atoms with van der Waals surface area (Å²) in [5.41, 5.74) is 5.31. The van der Waals surface area contributed by atoms with E-state index in [1.807, 2.05) is 0 Å². The summed E-state index contributed by atoms with van der Waals surface area (Å²) in [6.07, 6.45) is -0.649. The van der Waals surface area contributed by atoms with Gasteiger partial charge in [-0.1, -0.05) is 6.07 Å². The minimum atomic E-state index is -1.02. The molecule has 0 saturated heterocycles. The quantitative estimate of drug-likeness (QED) is 0.750. The Morgan fingerprint density at radius 1 is 1.50 bits per heavy atom. The van der Waals surface area contributed by atoms with E-state index in [1.54, 1.807) is 24.3 Å². The van der Waals surface area contributed by atoms with Crippen molar-refractivity contribution in [3.05, 3.63) is 24.3 Å². The minimum Gasteiger partial charge on any atom is -0.497 e. The molecule has 16 heavy (non-hydrogen) atoms. The highest BCUT2D eigenvalue weighted by molar-refractivity contribution is 5.72. The lowest BCUT2D eigenvalue weighted by molar-refractivity contribution is -0.145. The lowest BCUT2D eigenvalue weighted by atomic mass is 10.2. The first-order chi connectivity index (χ1) is 7.67. The predicted molar refractivity (Wildman–Crippen MR) is 58.7 cm³/mol. The van der Waals surface area contributed by atoms with Gasteiger partial charge in [-0.2, -0.15) is 0 Å². The highest BCUT2D eigenvalue weighted by atomic mass is 16.5. The van der Waals surface area contributed by atoms with Gasteiger partial charge >= 0.3 is 5.97 Å². The first-order valence-electron chi connectivity index (χ1n) is 4.91. The van der Waals surface area contributed by atoms with Crippen molar-refractivity contribution in [2.24, 2.45) is 5.73 Å². The van der Waals surface area contributed by atoms with Crippen molar-refractivity contribution in [3.8, 4) is 11.5 Å². The van der Waals surface area contributed by atoms with Crippen LogP contribution in [0.5, 0.6) is 11.5 Å². The number of carbonyl (C=O) groups is 1. The molecule has 1 atom stereocenters. The molecule has 0 aromatic heterocycles. The average Bonchev–Trinajstić information content (AvgIpc) is 2.28. The number of carboxylic acid groups (broad SMARTS) is 1.